The van der Waals surface area contributed by atoms with Gasteiger partial charge in [0.2, 0.25) is 0 Å². The summed E-state index contributed by atoms with van der Waals surface area (Å²) in [5, 5.41) is 0. The third-order valence-electron chi connectivity index (χ3n) is 4.13. The Hall–Kier alpha value is -2.55. The minimum Gasteiger partial charge on any atom is -0.493 e. The fraction of sp³-hybridized carbons (Fsp3) is 0.250. The molecule has 0 radical (unpaired) electrons. The zero-order valence-electron chi connectivity index (χ0n) is 14.0. The number of hydrogen-bond donors (Lipinski definition) is 0. The molecule has 23 heavy (non-hydrogen) atoms. The number of aldehydes is 1. The van der Waals surface area contributed by atoms with Crippen molar-refractivity contribution in [2.45, 2.75) is 27.7 Å². The highest BCUT2D eigenvalue weighted by Gasteiger charge is 2.14. The molecular weight excluding hydrogens is 286 g/mol. The molecule has 118 valence electrons. The van der Waals surface area contributed by atoms with Gasteiger partial charge in [-0.3, -0.25) is 4.79 Å². The van der Waals surface area contributed by atoms with E-state index in [9.17, 15) is 4.79 Å². The van der Waals surface area contributed by atoms with E-state index < -0.39 is 0 Å². The predicted molar refractivity (Wildman–Crippen MR) is 93.6 cm³/mol. The molecule has 0 unspecified atom stereocenters. The van der Waals surface area contributed by atoms with Crippen molar-refractivity contribution in [3.05, 3.63) is 58.9 Å². The normalized spacial score (nSPS) is 11.0. The maximum Gasteiger partial charge on any atom is 0.167 e. The number of ether oxygens (including phenoxy) is 1. The number of pyridine rings is 1. The Kier molecular flexibility index (Phi) is 3.95. The van der Waals surface area contributed by atoms with E-state index in [1.165, 1.54) is 0 Å². The molecule has 0 aliphatic carbocycles. The summed E-state index contributed by atoms with van der Waals surface area (Å²) >= 11 is 0. The Morgan fingerprint density at radius 2 is 1.78 bits per heavy atom. The number of aromatic nitrogens is 1. The van der Waals surface area contributed by atoms with E-state index in [0.29, 0.717) is 12.3 Å². The summed E-state index contributed by atoms with van der Waals surface area (Å²) in [4.78, 5) is 11.7. The van der Waals surface area contributed by atoms with Crippen LogP contribution < -0.4 is 4.74 Å². The van der Waals surface area contributed by atoms with Crippen LogP contribution >= 0.6 is 0 Å². The molecule has 0 fully saturated rings. The standard InChI is InChI=1S/C20H21NO2/c1-5-23-20-14(3)8-16(9-15(20)4)18-10-17-7-6-13(2)11-21(17)19(18)12-22/h6-12H,5H2,1-4H3. The number of nitrogens with zero attached hydrogens (tertiary/aromatic N) is 1. The van der Waals surface area contributed by atoms with Gasteiger partial charge in [0.25, 0.3) is 0 Å². The Balaban J connectivity index is 2.22. The van der Waals surface area contributed by atoms with Gasteiger partial charge in [0.1, 0.15) is 5.75 Å². The minimum atomic E-state index is 0.649. The van der Waals surface area contributed by atoms with Crippen molar-refractivity contribution in [1.82, 2.24) is 4.40 Å². The number of carbonyl (C=O) groups excluding carboxylic acids is 1. The quantitative estimate of drug-likeness (QED) is 0.652. The second-order valence-electron chi connectivity index (χ2n) is 5.93. The molecule has 0 spiro atoms. The third kappa shape index (κ3) is 2.63. The number of benzene rings is 1. The van der Waals surface area contributed by atoms with Crippen LogP contribution in [0, 0.1) is 20.8 Å². The third-order valence-corrected chi connectivity index (χ3v) is 4.13. The van der Waals surface area contributed by atoms with Gasteiger partial charge in [-0.05, 0) is 74.2 Å². The molecule has 0 atom stereocenters. The molecule has 0 amide bonds. The van der Waals surface area contributed by atoms with Gasteiger partial charge in [0.05, 0.1) is 12.3 Å². The molecule has 0 saturated carbocycles. The molecule has 0 N–H and O–H groups in total. The van der Waals surface area contributed by atoms with Crippen molar-refractivity contribution >= 4 is 11.8 Å². The van der Waals surface area contributed by atoms with Crippen LogP contribution in [0.4, 0.5) is 0 Å². The van der Waals surface area contributed by atoms with Gasteiger partial charge in [-0.25, -0.2) is 0 Å². The number of fused-ring (bicyclic) bond motifs is 1. The van der Waals surface area contributed by atoms with Gasteiger partial charge in [0, 0.05) is 17.3 Å². The van der Waals surface area contributed by atoms with E-state index >= 15 is 0 Å². The molecular formula is C20H21NO2. The van der Waals surface area contributed by atoms with E-state index in [0.717, 1.165) is 45.4 Å². The fourth-order valence-electron chi connectivity index (χ4n) is 3.13. The van der Waals surface area contributed by atoms with Crippen LogP contribution in [0.2, 0.25) is 0 Å². The van der Waals surface area contributed by atoms with Crippen LogP contribution in [0.1, 0.15) is 34.1 Å². The first-order chi connectivity index (χ1) is 11.0. The number of carbonyl (C=O) groups is 1. The highest BCUT2D eigenvalue weighted by molar-refractivity contribution is 5.90. The number of rotatable bonds is 4. The van der Waals surface area contributed by atoms with Crippen LogP contribution in [-0.4, -0.2) is 17.3 Å². The second-order valence-corrected chi connectivity index (χ2v) is 5.93. The van der Waals surface area contributed by atoms with Crippen molar-refractivity contribution in [3.8, 4) is 16.9 Å². The van der Waals surface area contributed by atoms with Crippen LogP contribution in [0.5, 0.6) is 5.75 Å². The largest absolute Gasteiger partial charge is 0.493 e. The molecule has 3 nitrogen and oxygen atoms in total. The molecule has 0 aliphatic heterocycles. The highest BCUT2D eigenvalue weighted by atomic mass is 16.5. The molecule has 3 aromatic rings. The molecule has 2 heterocycles. The molecule has 3 heteroatoms. The maximum absolute atomic E-state index is 11.7. The Morgan fingerprint density at radius 1 is 1.09 bits per heavy atom. The van der Waals surface area contributed by atoms with Crippen molar-refractivity contribution < 1.29 is 9.53 Å². The Labute approximate surface area is 136 Å². The monoisotopic (exact) mass is 307 g/mol. The lowest BCUT2D eigenvalue weighted by Gasteiger charge is -2.13. The first-order valence-electron chi connectivity index (χ1n) is 7.86. The van der Waals surface area contributed by atoms with Crippen molar-refractivity contribution in [2.75, 3.05) is 6.61 Å². The van der Waals surface area contributed by atoms with E-state index in [1.54, 1.807) is 0 Å². The van der Waals surface area contributed by atoms with Crippen LogP contribution in [0.25, 0.3) is 16.6 Å². The summed E-state index contributed by atoms with van der Waals surface area (Å²) < 4.78 is 7.67. The van der Waals surface area contributed by atoms with Gasteiger partial charge >= 0.3 is 0 Å². The zero-order chi connectivity index (χ0) is 16.6. The average Bonchev–Trinajstić information content (AvgIpc) is 2.88. The minimum absolute atomic E-state index is 0.649. The lowest BCUT2D eigenvalue weighted by atomic mass is 10.00. The highest BCUT2D eigenvalue weighted by Crippen LogP contribution is 2.33. The molecule has 2 aromatic heterocycles. The van der Waals surface area contributed by atoms with Gasteiger partial charge in [-0.1, -0.05) is 6.07 Å². The predicted octanol–water partition coefficient (Wildman–Crippen LogP) is 4.74. The lowest BCUT2D eigenvalue weighted by Crippen LogP contribution is -1.98. The van der Waals surface area contributed by atoms with Crippen molar-refractivity contribution in [3.63, 3.8) is 0 Å². The summed E-state index contributed by atoms with van der Waals surface area (Å²) in [6.45, 7) is 8.75. The van der Waals surface area contributed by atoms with Crippen LogP contribution in [-0.2, 0) is 0 Å². The number of hydrogen-bond acceptors (Lipinski definition) is 2. The molecule has 3 rings (SSSR count). The van der Waals surface area contributed by atoms with E-state index in [4.69, 9.17) is 4.74 Å². The first-order valence-corrected chi connectivity index (χ1v) is 7.86. The molecule has 0 bridgehead atoms. The zero-order valence-corrected chi connectivity index (χ0v) is 14.0. The van der Waals surface area contributed by atoms with Gasteiger partial charge < -0.3 is 9.14 Å². The second kappa shape index (κ2) is 5.92. The maximum atomic E-state index is 11.7. The molecule has 0 saturated heterocycles. The Bertz CT molecular complexity index is 867. The van der Waals surface area contributed by atoms with Crippen LogP contribution in [0.15, 0.2) is 36.5 Å². The van der Waals surface area contributed by atoms with Gasteiger partial charge in [0.15, 0.2) is 6.29 Å². The number of aryl methyl sites for hydroxylation is 3. The molecule has 1 aromatic carbocycles. The molecule has 0 aliphatic rings. The summed E-state index contributed by atoms with van der Waals surface area (Å²) in [5.41, 5.74) is 7.02. The van der Waals surface area contributed by atoms with E-state index in [-0.39, 0.29) is 0 Å². The lowest BCUT2D eigenvalue weighted by molar-refractivity contribution is 0.111. The van der Waals surface area contributed by atoms with Gasteiger partial charge in [-0.15, -0.1) is 0 Å². The van der Waals surface area contributed by atoms with Crippen LogP contribution in [0.3, 0.4) is 0 Å². The average molecular weight is 307 g/mol. The topological polar surface area (TPSA) is 30.7 Å². The van der Waals surface area contributed by atoms with E-state index in [1.807, 2.05) is 44.4 Å². The van der Waals surface area contributed by atoms with Crippen molar-refractivity contribution in [1.29, 1.82) is 0 Å². The van der Waals surface area contributed by atoms with Gasteiger partial charge in [-0.2, -0.15) is 0 Å². The summed E-state index contributed by atoms with van der Waals surface area (Å²) in [7, 11) is 0. The summed E-state index contributed by atoms with van der Waals surface area (Å²) in [6, 6.07) is 10.3. The Morgan fingerprint density at radius 3 is 2.39 bits per heavy atom. The summed E-state index contributed by atoms with van der Waals surface area (Å²) in [6.07, 6.45) is 2.93. The smallest absolute Gasteiger partial charge is 0.167 e. The SMILES string of the molecule is CCOc1c(C)cc(-c2cc3ccc(C)cn3c2C=O)cc1C. The fourth-order valence-corrected chi connectivity index (χ4v) is 3.13. The van der Waals surface area contributed by atoms with Crippen molar-refractivity contribution in [2.24, 2.45) is 0 Å². The first kappa shape index (κ1) is 15.3. The summed E-state index contributed by atoms with van der Waals surface area (Å²) in [5.74, 6) is 0.934. The van der Waals surface area contributed by atoms with E-state index in [2.05, 4.69) is 24.3 Å².